The summed E-state index contributed by atoms with van der Waals surface area (Å²) in [5, 5.41) is 12.2. The molecule has 0 aliphatic carbocycles. The van der Waals surface area contributed by atoms with Crippen LogP contribution in [0, 0.1) is 0 Å². The van der Waals surface area contributed by atoms with Crippen molar-refractivity contribution < 1.29 is 18.3 Å². The molecule has 0 saturated heterocycles. The molecule has 0 fully saturated rings. The van der Waals surface area contributed by atoms with E-state index in [0.717, 1.165) is 0 Å². The molecule has 0 rings (SSSR count). The molecule has 0 radical (unpaired) electrons. The Hall–Kier alpha value is -0.170. The second-order valence-corrected chi connectivity index (χ2v) is 5.88. The molecule has 0 bridgehead atoms. The lowest BCUT2D eigenvalue weighted by Crippen LogP contribution is -2.31. The Labute approximate surface area is 91.7 Å². The van der Waals surface area contributed by atoms with Crippen LogP contribution in [0.25, 0.3) is 0 Å². The highest BCUT2D eigenvalue weighted by molar-refractivity contribution is 7.91. The average Bonchev–Trinajstić information content (AvgIpc) is 2.17. The van der Waals surface area contributed by atoms with Crippen LogP contribution in [0.4, 0.5) is 0 Å². The highest BCUT2D eigenvalue weighted by Gasteiger charge is 2.06. The summed E-state index contributed by atoms with van der Waals surface area (Å²) in [6.45, 7) is 2.96. The maximum absolute atomic E-state index is 11.1. The number of rotatable bonds is 9. The largest absolute Gasteiger partial charge is 0.389 e. The smallest absolute Gasteiger partial charge is 0.150 e. The van der Waals surface area contributed by atoms with Crippen molar-refractivity contribution in [2.45, 2.75) is 19.4 Å². The van der Waals surface area contributed by atoms with Crippen molar-refractivity contribution in [3.8, 4) is 0 Å². The van der Waals surface area contributed by atoms with E-state index >= 15 is 0 Å². The molecule has 5 nitrogen and oxygen atoms in total. The van der Waals surface area contributed by atoms with Gasteiger partial charge in [0, 0.05) is 19.4 Å². The van der Waals surface area contributed by atoms with Crippen LogP contribution in [0.3, 0.4) is 0 Å². The Bertz CT molecular complexity index is 240. The Kier molecular flexibility index (Phi) is 7.95. The van der Waals surface area contributed by atoms with Crippen LogP contribution in [-0.2, 0) is 14.6 Å². The van der Waals surface area contributed by atoms with E-state index in [9.17, 15) is 13.5 Å². The zero-order valence-electron chi connectivity index (χ0n) is 9.40. The van der Waals surface area contributed by atoms with Crippen molar-refractivity contribution in [3.05, 3.63) is 0 Å². The zero-order valence-corrected chi connectivity index (χ0v) is 10.2. The lowest BCUT2D eigenvalue weighted by Gasteiger charge is -2.10. The SMILES string of the molecule is CCS(=O)(=O)CCCNCC(O)COC. The van der Waals surface area contributed by atoms with E-state index in [1.807, 2.05) is 0 Å². The summed E-state index contributed by atoms with van der Waals surface area (Å²) in [5.41, 5.74) is 0. The van der Waals surface area contributed by atoms with Gasteiger partial charge in [-0.15, -0.1) is 0 Å². The molecule has 1 unspecified atom stereocenters. The lowest BCUT2D eigenvalue weighted by atomic mass is 10.3. The van der Waals surface area contributed by atoms with Crippen LogP contribution in [0.2, 0.25) is 0 Å². The van der Waals surface area contributed by atoms with E-state index < -0.39 is 15.9 Å². The minimum Gasteiger partial charge on any atom is -0.389 e. The summed E-state index contributed by atoms with van der Waals surface area (Å²) in [4.78, 5) is 0. The first-order chi connectivity index (χ1) is 7.02. The number of aliphatic hydroxyl groups excluding tert-OH is 1. The summed E-state index contributed by atoms with van der Waals surface area (Å²) in [6, 6.07) is 0. The molecule has 92 valence electrons. The van der Waals surface area contributed by atoms with Crippen LogP contribution in [0.15, 0.2) is 0 Å². The molecule has 0 amide bonds. The second kappa shape index (κ2) is 8.04. The van der Waals surface area contributed by atoms with E-state index in [2.05, 4.69) is 5.32 Å². The standard InChI is InChI=1S/C9H21NO4S/c1-3-15(12,13)6-4-5-10-7-9(11)8-14-2/h9-11H,3-8H2,1-2H3. The molecule has 0 aromatic rings. The summed E-state index contributed by atoms with van der Waals surface area (Å²) >= 11 is 0. The molecule has 0 aromatic heterocycles. The molecule has 0 saturated carbocycles. The highest BCUT2D eigenvalue weighted by Crippen LogP contribution is 1.92. The average molecular weight is 239 g/mol. The molecule has 0 aliphatic heterocycles. The minimum absolute atomic E-state index is 0.194. The van der Waals surface area contributed by atoms with E-state index in [1.165, 1.54) is 7.11 Å². The molecule has 0 heterocycles. The van der Waals surface area contributed by atoms with E-state index in [0.29, 0.717) is 26.1 Å². The number of nitrogens with one attached hydrogen (secondary N) is 1. The summed E-state index contributed by atoms with van der Waals surface area (Å²) in [5.74, 6) is 0.399. The molecular formula is C9H21NO4S. The third-order valence-corrected chi connectivity index (χ3v) is 3.78. The number of hydrogen-bond donors (Lipinski definition) is 2. The third-order valence-electron chi connectivity index (χ3n) is 1.99. The van der Waals surface area contributed by atoms with Gasteiger partial charge in [0.2, 0.25) is 0 Å². The zero-order chi connectivity index (χ0) is 11.7. The van der Waals surface area contributed by atoms with E-state index in [-0.39, 0.29) is 11.5 Å². The first-order valence-corrected chi connectivity index (χ1v) is 6.92. The molecule has 0 aliphatic rings. The van der Waals surface area contributed by atoms with Gasteiger partial charge in [0.1, 0.15) is 9.84 Å². The van der Waals surface area contributed by atoms with Crippen molar-refractivity contribution in [1.29, 1.82) is 0 Å². The van der Waals surface area contributed by atoms with Gasteiger partial charge in [0.25, 0.3) is 0 Å². The van der Waals surface area contributed by atoms with Crippen molar-refractivity contribution >= 4 is 9.84 Å². The summed E-state index contributed by atoms with van der Waals surface area (Å²) in [6.07, 6.45) is 0.0494. The van der Waals surface area contributed by atoms with Gasteiger partial charge >= 0.3 is 0 Å². The van der Waals surface area contributed by atoms with Gasteiger partial charge < -0.3 is 15.2 Å². The Morgan fingerprint density at radius 1 is 1.47 bits per heavy atom. The van der Waals surface area contributed by atoms with Gasteiger partial charge in [-0.2, -0.15) is 0 Å². The third kappa shape index (κ3) is 8.80. The van der Waals surface area contributed by atoms with Crippen LogP contribution in [-0.4, -0.2) is 57.9 Å². The monoisotopic (exact) mass is 239 g/mol. The number of hydrogen-bond acceptors (Lipinski definition) is 5. The fourth-order valence-corrected chi connectivity index (χ4v) is 1.95. The maximum atomic E-state index is 11.1. The van der Waals surface area contributed by atoms with Crippen molar-refractivity contribution in [2.24, 2.45) is 0 Å². The first kappa shape index (κ1) is 14.8. The van der Waals surface area contributed by atoms with Gasteiger partial charge in [-0.25, -0.2) is 8.42 Å². The summed E-state index contributed by atoms with van der Waals surface area (Å²) in [7, 11) is -1.33. The molecule has 1 atom stereocenters. The number of methoxy groups -OCH3 is 1. The topological polar surface area (TPSA) is 75.6 Å². The van der Waals surface area contributed by atoms with Gasteiger partial charge in [-0.1, -0.05) is 6.92 Å². The van der Waals surface area contributed by atoms with Crippen LogP contribution < -0.4 is 5.32 Å². The number of ether oxygens (including phenoxy) is 1. The Balaban J connectivity index is 3.40. The minimum atomic E-state index is -2.86. The number of sulfone groups is 1. The van der Waals surface area contributed by atoms with Gasteiger partial charge in [0.05, 0.1) is 18.5 Å². The normalized spacial score (nSPS) is 14.1. The quantitative estimate of drug-likeness (QED) is 0.526. The Morgan fingerprint density at radius 3 is 2.67 bits per heavy atom. The second-order valence-electron chi connectivity index (χ2n) is 3.40. The van der Waals surface area contributed by atoms with E-state index in [4.69, 9.17) is 4.74 Å². The first-order valence-electron chi connectivity index (χ1n) is 5.10. The van der Waals surface area contributed by atoms with Gasteiger partial charge in [-0.05, 0) is 13.0 Å². The van der Waals surface area contributed by atoms with Crippen LogP contribution >= 0.6 is 0 Å². The van der Waals surface area contributed by atoms with Gasteiger partial charge in [-0.3, -0.25) is 0 Å². The highest BCUT2D eigenvalue weighted by atomic mass is 32.2. The van der Waals surface area contributed by atoms with Crippen molar-refractivity contribution in [3.63, 3.8) is 0 Å². The van der Waals surface area contributed by atoms with Crippen molar-refractivity contribution in [1.82, 2.24) is 5.32 Å². The van der Waals surface area contributed by atoms with Crippen LogP contribution in [0.1, 0.15) is 13.3 Å². The Morgan fingerprint density at radius 2 is 2.13 bits per heavy atom. The van der Waals surface area contributed by atoms with E-state index in [1.54, 1.807) is 6.92 Å². The maximum Gasteiger partial charge on any atom is 0.150 e. The predicted molar refractivity (Wildman–Crippen MR) is 59.7 cm³/mol. The molecule has 15 heavy (non-hydrogen) atoms. The fraction of sp³-hybridized carbons (Fsp3) is 1.00. The lowest BCUT2D eigenvalue weighted by molar-refractivity contribution is 0.0647. The van der Waals surface area contributed by atoms with Gasteiger partial charge in [0.15, 0.2) is 0 Å². The van der Waals surface area contributed by atoms with Crippen molar-refractivity contribution in [2.75, 3.05) is 38.3 Å². The predicted octanol–water partition coefficient (Wildman–Crippen LogP) is -0.592. The molecule has 2 N–H and O–H groups in total. The fourth-order valence-electron chi connectivity index (χ4n) is 1.08. The molecule has 0 aromatic carbocycles. The van der Waals surface area contributed by atoms with Crippen LogP contribution in [0.5, 0.6) is 0 Å². The number of aliphatic hydroxyl groups is 1. The molecular weight excluding hydrogens is 218 g/mol. The molecule has 0 spiro atoms. The molecule has 6 heteroatoms. The summed E-state index contributed by atoms with van der Waals surface area (Å²) < 4.78 is 26.9.